The molecule has 1 atom stereocenters. The number of imidazole rings is 1. The van der Waals surface area contributed by atoms with E-state index in [9.17, 15) is 5.11 Å². The summed E-state index contributed by atoms with van der Waals surface area (Å²) in [5.41, 5.74) is 7.67. The molecule has 0 amide bonds. The highest BCUT2D eigenvalue weighted by Crippen LogP contribution is 2.32. The van der Waals surface area contributed by atoms with Crippen LogP contribution < -0.4 is 10.5 Å². The van der Waals surface area contributed by atoms with Crippen LogP contribution in [0.25, 0.3) is 0 Å². The van der Waals surface area contributed by atoms with Gasteiger partial charge in [0.25, 0.3) is 0 Å². The fraction of sp³-hybridized carbons (Fsp3) is 0.308. The van der Waals surface area contributed by atoms with Gasteiger partial charge < -0.3 is 25.1 Å². The molecule has 7 heteroatoms. The second-order valence-electron chi connectivity index (χ2n) is 4.62. The molecule has 0 bridgehead atoms. The molecule has 0 radical (unpaired) electrons. The lowest BCUT2D eigenvalue weighted by atomic mass is 10.0. The van der Waals surface area contributed by atoms with Gasteiger partial charge in [-0.3, -0.25) is 0 Å². The van der Waals surface area contributed by atoms with E-state index >= 15 is 0 Å². The van der Waals surface area contributed by atoms with Crippen LogP contribution >= 0.6 is 24.6 Å². The van der Waals surface area contributed by atoms with Gasteiger partial charge in [0.15, 0.2) is 4.77 Å². The van der Waals surface area contributed by atoms with Gasteiger partial charge in [0.05, 0.1) is 11.7 Å². The van der Waals surface area contributed by atoms with E-state index in [1.54, 1.807) is 18.2 Å². The lowest BCUT2D eigenvalue weighted by molar-refractivity contribution is 0.220. The normalized spacial score (nSPS) is 16.9. The van der Waals surface area contributed by atoms with Crippen LogP contribution in [0.1, 0.15) is 17.3 Å². The molecule has 0 aliphatic carbocycles. The van der Waals surface area contributed by atoms with E-state index in [1.165, 1.54) is 0 Å². The molecule has 0 saturated carbocycles. The zero-order valence-corrected chi connectivity index (χ0v) is 12.3. The average Bonchev–Trinajstić information content (AvgIpc) is 2.79. The largest absolute Gasteiger partial charge is 0.508 e. The summed E-state index contributed by atoms with van der Waals surface area (Å²) in [6.45, 7) is 0.980. The predicted molar refractivity (Wildman–Crippen MR) is 81.1 cm³/mol. The van der Waals surface area contributed by atoms with Crippen LogP contribution in [0.15, 0.2) is 24.4 Å². The van der Waals surface area contributed by atoms with E-state index in [4.69, 9.17) is 22.7 Å². The van der Waals surface area contributed by atoms with Crippen LogP contribution in [-0.2, 0) is 13.0 Å². The Hall–Kier alpha value is -1.50. The summed E-state index contributed by atoms with van der Waals surface area (Å²) < 4.78 is 8.39. The summed E-state index contributed by atoms with van der Waals surface area (Å²) in [5.74, 6) is 1.07. The number of nitrogens with zero attached hydrogens (tertiary/aromatic N) is 1. The van der Waals surface area contributed by atoms with Gasteiger partial charge in [-0.2, -0.15) is 0 Å². The quantitative estimate of drug-likeness (QED) is 0.744. The van der Waals surface area contributed by atoms with Crippen molar-refractivity contribution in [3.63, 3.8) is 0 Å². The molecule has 1 aromatic carbocycles. The number of nitrogens with one attached hydrogen (secondary N) is 1. The standard InChI is InChI=1S/C13H15N3O2S.ClH/c14-5-10-6-15-13(19)16(10)9-3-8-4-11(17)1-2-12(8)18-7-9;/h1-2,4,6,9,17H,3,5,7,14H2,(H,15,19);1H/t9-;/m1./s1. The monoisotopic (exact) mass is 313 g/mol. The average molecular weight is 314 g/mol. The summed E-state index contributed by atoms with van der Waals surface area (Å²) in [6.07, 6.45) is 2.60. The van der Waals surface area contributed by atoms with Crippen LogP contribution in [0.5, 0.6) is 11.5 Å². The highest BCUT2D eigenvalue weighted by atomic mass is 35.5. The molecule has 1 aliphatic rings. The first-order chi connectivity index (χ1) is 9.19. The Morgan fingerprint density at radius 2 is 2.30 bits per heavy atom. The van der Waals surface area contributed by atoms with Crippen LogP contribution in [0, 0.1) is 4.77 Å². The Labute approximate surface area is 127 Å². The fourth-order valence-electron chi connectivity index (χ4n) is 2.50. The Bertz CT molecular complexity index is 668. The maximum atomic E-state index is 9.55. The number of phenolic OH excluding ortho intramolecular Hbond substituents is 1. The van der Waals surface area contributed by atoms with E-state index in [-0.39, 0.29) is 24.2 Å². The van der Waals surface area contributed by atoms with Crippen molar-refractivity contribution >= 4 is 24.6 Å². The molecule has 20 heavy (non-hydrogen) atoms. The van der Waals surface area contributed by atoms with Gasteiger partial charge in [-0.05, 0) is 36.0 Å². The SMILES string of the molecule is Cl.NCc1c[nH]c(=S)n1[C@H]1COc2ccc(O)cc2C1. The smallest absolute Gasteiger partial charge is 0.177 e. The number of phenols is 1. The Balaban J connectivity index is 0.00000147. The lowest BCUT2D eigenvalue weighted by Gasteiger charge is -2.27. The zero-order valence-electron chi connectivity index (χ0n) is 10.7. The molecule has 0 saturated heterocycles. The van der Waals surface area contributed by atoms with E-state index in [1.807, 2.05) is 10.8 Å². The maximum absolute atomic E-state index is 9.55. The van der Waals surface area contributed by atoms with E-state index in [0.717, 1.165) is 23.4 Å². The summed E-state index contributed by atoms with van der Waals surface area (Å²) >= 11 is 5.29. The minimum atomic E-state index is 0. The third-order valence-corrected chi connectivity index (χ3v) is 3.71. The van der Waals surface area contributed by atoms with Crippen LogP contribution in [0.3, 0.4) is 0 Å². The number of hydrogen-bond donors (Lipinski definition) is 3. The zero-order chi connectivity index (χ0) is 13.4. The third-order valence-electron chi connectivity index (χ3n) is 3.40. The molecule has 0 fully saturated rings. The van der Waals surface area contributed by atoms with Gasteiger partial charge in [-0.25, -0.2) is 0 Å². The van der Waals surface area contributed by atoms with E-state index in [0.29, 0.717) is 17.9 Å². The summed E-state index contributed by atoms with van der Waals surface area (Å²) in [5, 5.41) is 9.55. The Morgan fingerprint density at radius 1 is 1.50 bits per heavy atom. The molecular formula is C13H16ClN3O2S. The molecule has 0 spiro atoms. The molecule has 0 unspecified atom stereocenters. The van der Waals surface area contributed by atoms with Gasteiger partial charge in [0, 0.05) is 19.2 Å². The topological polar surface area (TPSA) is 76.2 Å². The van der Waals surface area contributed by atoms with Crippen molar-refractivity contribution < 1.29 is 9.84 Å². The summed E-state index contributed by atoms with van der Waals surface area (Å²) in [6, 6.07) is 5.26. The number of aromatic hydroxyl groups is 1. The second-order valence-corrected chi connectivity index (χ2v) is 5.01. The highest BCUT2D eigenvalue weighted by Gasteiger charge is 2.23. The van der Waals surface area contributed by atoms with E-state index in [2.05, 4.69) is 4.98 Å². The van der Waals surface area contributed by atoms with Gasteiger partial charge >= 0.3 is 0 Å². The summed E-state index contributed by atoms with van der Waals surface area (Å²) in [7, 11) is 0. The number of fused-ring (bicyclic) bond motifs is 1. The van der Waals surface area contributed by atoms with Gasteiger partial charge in [0.2, 0.25) is 0 Å². The van der Waals surface area contributed by atoms with Crippen LogP contribution in [-0.4, -0.2) is 21.3 Å². The van der Waals surface area contributed by atoms with Crippen molar-refractivity contribution in [3.8, 4) is 11.5 Å². The Kier molecular flexibility index (Phi) is 4.37. The van der Waals surface area contributed by atoms with Crippen molar-refractivity contribution in [3.05, 3.63) is 40.4 Å². The van der Waals surface area contributed by atoms with Crippen molar-refractivity contribution in [1.29, 1.82) is 0 Å². The number of aromatic amines is 1. The number of H-pyrrole nitrogens is 1. The number of hydrogen-bond acceptors (Lipinski definition) is 4. The number of nitrogens with two attached hydrogens (primary N) is 1. The number of ether oxygens (including phenoxy) is 1. The number of halogens is 1. The number of rotatable bonds is 2. The van der Waals surface area contributed by atoms with Crippen molar-refractivity contribution in [2.45, 2.75) is 19.0 Å². The first-order valence-electron chi connectivity index (χ1n) is 6.12. The molecule has 2 aromatic rings. The van der Waals surface area contributed by atoms with Crippen molar-refractivity contribution in [2.75, 3.05) is 6.61 Å². The van der Waals surface area contributed by atoms with Crippen LogP contribution in [0.4, 0.5) is 0 Å². The molecule has 1 aliphatic heterocycles. The van der Waals surface area contributed by atoms with E-state index < -0.39 is 0 Å². The highest BCUT2D eigenvalue weighted by molar-refractivity contribution is 7.71. The summed E-state index contributed by atoms with van der Waals surface area (Å²) in [4.78, 5) is 3.01. The van der Waals surface area contributed by atoms with Crippen molar-refractivity contribution in [1.82, 2.24) is 9.55 Å². The Morgan fingerprint density at radius 3 is 3.05 bits per heavy atom. The molecule has 108 valence electrons. The van der Waals surface area contributed by atoms with Gasteiger partial charge in [0.1, 0.15) is 18.1 Å². The first kappa shape index (κ1) is 14.9. The van der Waals surface area contributed by atoms with Crippen molar-refractivity contribution in [2.24, 2.45) is 5.73 Å². The lowest BCUT2D eigenvalue weighted by Crippen LogP contribution is -2.26. The molecular weight excluding hydrogens is 298 g/mol. The second kappa shape index (κ2) is 5.87. The third kappa shape index (κ3) is 2.54. The minimum Gasteiger partial charge on any atom is -0.508 e. The molecule has 4 N–H and O–H groups in total. The molecule has 5 nitrogen and oxygen atoms in total. The molecule has 3 rings (SSSR count). The van der Waals surface area contributed by atoms with Gasteiger partial charge in [-0.15, -0.1) is 12.4 Å². The number of benzene rings is 1. The first-order valence-corrected chi connectivity index (χ1v) is 6.53. The molecule has 2 heterocycles. The minimum absolute atomic E-state index is 0. The fourth-order valence-corrected chi connectivity index (χ4v) is 2.83. The number of aromatic nitrogens is 2. The van der Waals surface area contributed by atoms with Crippen LogP contribution in [0.2, 0.25) is 0 Å². The predicted octanol–water partition coefficient (Wildman–Crippen LogP) is 2.31. The molecule has 1 aromatic heterocycles. The van der Waals surface area contributed by atoms with Gasteiger partial charge in [-0.1, -0.05) is 0 Å². The maximum Gasteiger partial charge on any atom is 0.177 e.